The lowest BCUT2D eigenvalue weighted by molar-refractivity contribution is -0.165. The fourth-order valence-electron chi connectivity index (χ4n) is 3.11. The Bertz CT molecular complexity index is 660. The molecule has 0 spiro atoms. The molecule has 3 rings (SSSR count). The van der Waals surface area contributed by atoms with Gasteiger partial charge in [-0.25, -0.2) is 4.79 Å². The molecule has 0 N–H and O–H groups in total. The third-order valence-corrected chi connectivity index (χ3v) is 4.55. The molecule has 0 unspecified atom stereocenters. The molecule has 3 nitrogen and oxygen atoms in total. The zero-order valence-electron chi connectivity index (χ0n) is 15.3. The van der Waals surface area contributed by atoms with Crippen LogP contribution >= 0.6 is 0 Å². The van der Waals surface area contributed by atoms with Crippen LogP contribution in [0.4, 0.5) is 0 Å². The summed E-state index contributed by atoms with van der Waals surface area (Å²) in [4.78, 5) is 12.6. The van der Waals surface area contributed by atoms with Crippen LogP contribution in [0.15, 0.2) is 24.3 Å². The van der Waals surface area contributed by atoms with E-state index < -0.39 is 11.2 Å². The van der Waals surface area contributed by atoms with E-state index in [0.29, 0.717) is 0 Å². The van der Waals surface area contributed by atoms with E-state index in [2.05, 4.69) is 31.2 Å². The van der Waals surface area contributed by atoms with Gasteiger partial charge in [-0.3, -0.25) is 0 Å². The lowest BCUT2D eigenvalue weighted by Gasteiger charge is -2.26. The van der Waals surface area contributed by atoms with Crippen LogP contribution in [0.25, 0.3) is 5.57 Å². The van der Waals surface area contributed by atoms with Crippen molar-refractivity contribution in [3.8, 4) is 5.75 Å². The van der Waals surface area contributed by atoms with Gasteiger partial charge in [-0.15, -0.1) is 0 Å². The number of carbonyl (C=O) groups excluding carboxylic acids is 1. The van der Waals surface area contributed by atoms with Crippen LogP contribution in [-0.4, -0.2) is 17.2 Å². The number of allylic oxidation sites excluding steroid dienone is 2. The number of ether oxygens (including phenoxy) is 2. The van der Waals surface area contributed by atoms with Gasteiger partial charge in [0.05, 0.1) is 0 Å². The lowest BCUT2D eigenvalue weighted by atomic mass is 9.92. The van der Waals surface area contributed by atoms with Crippen molar-refractivity contribution >= 4 is 11.5 Å². The Morgan fingerprint density at radius 1 is 1.17 bits per heavy atom. The maximum atomic E-state index is 12.6. The first kappa shape index (κ1) is 17.1. The van der Waals surface area contributed by atoms with E-state index in [1.807, 2.05) is 20.8 Å². The molecule has 0 atom stereocenters. The van der Waals surface area contributed by atoms with E-state index in [1.54, 1.807) is 0 Å². The van der Waals surface area contributed by atoms with Gasteiger partial charge >= 0.3 is 5.97 Å². The number of hydrogen-bond acceptors (Lipinski definition) is 3. The zero-order chi connectivity index (χ0) is 17.4. The molecule has 1 aromatic carbocycles. The van der Waals surface area contributed by atoms with Crippen LogP contribution in [-0.2, 0) is 9.53 Å². The molecular formula is C21H28O3. The Balaban J connectivity index is 1.85. The standard InChI is InChI=1S/C21H28O3/c1-15-10-11-17(16-8-6-5-7-9-16)18(14-15)23-21(12-13-21)19(22)24-20(2,3)4/h8,10-11,14H,5-7,9,12-13H2,1-4H3. The molecular weight excluding hydrogens is 300 g/mol. The fraction of sp³-hybridized carbons (Fsp3) is 0.571. The predicted octanol–water partition coefficient (Wildman–Crippen LogP) is 5.21. The van der Waals surface area contributed by atoms with E-state index >= 15 is 0 Å². The number of aryl methyl sites for hydroxylation is 1. The van der Waals surface area contributed by atoms with Crippen molar-refractivity contribution < 1.29 is 14.3 Å². The number of benzene rings is 1. The number of esters is 1. The summed E-state index contributed by atoms with van der Waals surface area (Å²) in [7, 11) is 0. The number of rotatable bonds is 4. The normalized spacial score (nSPS) is 19.4. The molecule has 0 amide bonds. The Hall–Kier alpha value is -1.77. The summed E-state index contributed by atoms with van der Waals surface area (Å²) in [5.41, 5.74) is 2.35. The monoisotopic (exact) mass is 328 g/mol. The molecule has 1 saturated carbocycles. The van der Waals surface area contributed by atoms with Crippen LogP contribution in [0.2, 0.25) is 0 Å². The van der Waals surface area contributed by atoms with Crippen LogP contribution in [0, 0.1) is 6.92 Å². The fourth-order valence-corrected chi connectivity index (χ4v) is 3.11. The average Bonchev–Trinajstić information content (AvgIpc) is 3.27. The van der Waals surface area contributed by atoms with E-state index in [0.717, 1.165) is 42.6 Å². The second-order valence-electron chi connectivity index (χ2n) is 8.07. The van der Waals surface area contributed by atoms with Gasteiger partial charge in [0, 0.05) is 18.4 Å². The quantitative estimate of drug-likeness (QED) is 0.712. The molecule has 24 heavy (non-hydrogen) atoms. The number of carbonyl (C=O) groups is 1. The Labute approximate surface area is 145 Å². The first-order valence-corrected chi connectivity index (χ1v) is 9.02. The van der Waals surface area contributed by atoms with Crippen molar-refractivity contribution in [3.05, 3.63) is 35.4 Å². The summed E-state index contributed by atoms with van der Waals surface area (Å²) in [6.45, 7) is 7.74. The molecule has 2 aliphatic rings. The van der Waals surface area contributed by atoms with Crippen molar-refractivity contribution in [2.75, 3.05) is 0 Å². The molecule has 1 aromatic rings. The Morgan fingerprint density at radius 3 is 2.50 bits per heavy atom. The second kappa shape index (κ2) is 6.27. The molecule has 130 valence electrons. The van der Waals surface area contributed by atoms with Crippen LogP contribution < -0.4 is 4.74 Å². The SMILES string of the molecule is Cc1ccc(C2=CCCCC2)c(OC2(C(=O)OC(C)(C)C)CC2)c1. The van der Waals surface area contributed by atoms with Crippen molar-refractivity contribution in [1.29, 1.82) is 0 Å². The van der Waals surface area contributed by atoms with E-state index in [-0.39, 0.29) is 5.97 Å². The van der Waals surface area contributed by atoms with Crippen molar-refractivity contribution in [1.82, 2.24) is 0 Å². The maximum Gasteiger partial charge on any atom is 0.351 e. The van der Waals surface area contributed by atoms with E-state index in [1.165, 1.54) is 18.4 Å². The predicted molar refractivity (Wildman–Crippen MR) is 96.1 cm³/mol. The molecule has 2 aliphatic carbocycles. The summed E-state index contributed by atoms with van der Waals surface area (Å²) >= 11 is 0. The summed E-state index contributed by atoms with van der Waals surface area (Å²) in [6, 6.07) is 6.30. The molecule has 0 aliphatic heterocycles. The van der Waals surface area contributed by atoms with Gasteiger partial charge in [0.1, 0.15) is 11.4 Å². The summed E-state index contributed by atoms with van der Waals surface area (Å²) in [6.07, 6.45) is 8.46. The Kier molecular flexibility index (Phi) is 4.46. The van der Waals surface area contributed by atoms with Gasteiger partial charge in [-0.05, 0) is 70.6 Å². The van der Waals surface area contributed by atoms with Gasteiger partial charge in [0.25, 0.3) is 0 Å². The van der Waals surface area contributed by atoms with Gasteiger partial charge in [-0.1, -0.05) is 18.2 Å². The summed E-state index contributed by atoms with van der Waals surface area (Å²) in [5, 5.41) is 0. The average molecular weight is 328 g/mol. The van der Waals surface area contributed by atoms with Gasteiger partial charge < -0.3 is 9.47 Å². The molecule has 1 fully saturated rings. The first-order chi connectivity index (χ1) is 11.3. The largest absolute Gasteiger partial charge is 0.475 e. The van der Waals surface area contributed by atoms with Crippen molar-refractivity contribution in [2.45, 2.75) is 77.4 Å². The molecule has 0 heterocycles. The third-order valence-electron chi connectivity index (χ3n) is 4.55. The highest BCUT2D eigenvalue weighted by atomic mass is 16.6. The lowest BCUT2D eigenvalue weighted by Crippen LogP contribution is -2.37. The van der Waals surface area contributed by atoms with Gasteiger partial charge in [0.2, 0.25) is 5.60 Å². The highest BCUT2D eigenvalue weighted by Crippen LogP contribution is 2.45. The van der Waals surface area contributed by atoms with Crippen LogP contribution in [0.5, 0.6) is 5.75 Å². The summed E-state index contributed by atoms with van der Waals surface area (Å²) < 4.78 is 11.8. The van der Waals surface area contributed by atoms with Crippen LogP contribution in [0.3, 0.4) is 0 Å². The van der Waals surface area contributed by atoms with Gasteiger partial charge in [-0.2, -0.15) is 0 Å². The molecule has 0 saturated heterocycles. The van der Waals surface area contributed by atoms with Crippen molar-refractivity contribution in [3.63, 3.8) is 0 Å². The van der Waals surface area contributed by atoms with Crippen LogP contribution in [0.1, 0.15) is 70.4 Å². The van der Waals surface area contributed by atoms with E-state index in [9.17, 15) is 4.79 Å². The summed E-state index contributed by atoms with van der Waals surface area (Å²) in [5.74, 6) is 0.589. The minimum atomic E-state index is -0.787. The minimum Gasteiger partial charge on any atom is -0.475 e. The van der Waals surface area contributed by atoms with Gasteiger partial charge in [0.15, 0.2) is 0 Å². The first-order valence-electron chi connectivity index (χ1n) is 9.02. The molecule has 0 bridgehead atoms. The molecule has 0 aromatic heterocycles. The number of hydrogen-bond donors (Lipinski definition) is 0. The Morgan fingerprint density at radius 2 is 1.92 bits per heavy atom. The topological polar surface area (TPSA) is 35.5 Å². The minimum absolute atomic E-state index is 0.236. The van der Waals surface area contributed by atoms with E-state index in [4.69, 9.17) is 9.47 Å². The zero-order valence-corrected chi connectivity index (χ0v) is 15.3. The molecule has 3 heteroatoms. The second-order valence-corrected chi connectivity index (χ2v) is 8.07. The highest BCUT2D eigenvalue weighted by Gasteiger charge is 2.55. The smallest absolute Gasteiger partial charge is 0.351 e. The third kappa shape index (κ3) is 3.82. The van der Waals surface area contributed by atoms with Crippen molar-refractivity contribution in [2.24, 2.45) is 0 Å². The highest BCUT2D eigenvalue weighted by molar-refractivity contribution is 5.84. The maximum absolute atomic E-state index is 12.6. The molecule has 0 radical (unpaired) electrons.